The number of primary amides is 1. The SMILES string of the molecule is CC(C)S(=O)(=O)c1ccc(-c2cnc(OC(N)=O)c(-c3cc(C4=C(F)CC(=CN=C(N)N)C=C4)no3)n2)cc1. The van der Waals surface area contributed by atoms with Crippen molar-refractivity contribution < 1.29 is 26.9 Å². The maximum Gasteiger partial charge on any atom is 0.411 e. The largest absolute Gasteiger partial charge is 0.411 e. The van der Waals surface area contributed by atoms with Crippen LogP contribution in [0.25, 0.3) is 28.3 Å². The number of hydrogen-bond donors (Lipinski definition) is 3. The van der Waals surface area contributed by atoms with Crippen molar-refractivity contribution in [1.82, 2.24) is 15.1 Å². The number of nitrogens with zero attached hydrogens (tertiary/aromatic N) is 4. The van der Waals surface area contributed by atoms with Crippen LogP contribution in [0.2, 0.25) is 0 Å². The van der Waals surface area contributed by atoms with E-state index in [1.807, 2.05) is 0 Å². The molecule has 0 bridgehead atoms. The first-order valence-corrected chi connectivity index (χ1v) is 13.0. The van der Waals surface area contributed by atoms with E-state index in [0.717, 1.165) is 0 Å². The van der Waals surface area contributed by atoms with Crippen molar-refractivity contribution >= 4 is 27.5 Å². The fourth-order valence-electron chi connectivity index (χ4n) is 3.53. The second-order valence-electron chi connectivity index (χ2n) is 8.61. The molecule has 0 aliphatic heterocycles. The Balaban J connectivity index is 1.70. The number of aromatic nitrogens is 3. The molecule has 39 heavy (non-hydrogen) atoms. The summed E-state index contributed by atoms with van der Waals surface area (Å²) >= 11 is 0. The molecule has 0 atom stereocenters. The molecule has 3 aromatic rings. The van der Waals surface area contributed by atoms with Crippen molar-refractivity contribution in [3.8, 4) is 28.6 Å². The summed E-state index contributed by atoms with van der Waals surface area (Å²) in [5.74, 6) is -0.894. The Hall–Kier alpha value is -4.85. The summed E-state index contributed by atoms with van der Waals surface area (Å²) in [5, 5.41) is 3.34. The molecule has 6 N–H and O–H groups in total. The number of hydrogen-bond acceptors (Lipinski definition) is 9. The van der Waals surface area contributed by atoms with Crippen molar-refractivity contribution in [3.63, 3.8) is 0 Å². The van der Waals surface area contributed by atoms with Crippen molar-refractivity contribution in [3.05, 3.63) is 72.0 Å². The predicted molar refractivity (Wildman–Crippen MR) is 141 cm³/mol. The van der Waals surface area contributed by atoms with Crippen LogP contribution in [0, 0.1) is 0 Å². The molecule has 1 aromatic carbocycles. The molecule has 0 unspecified atom stereocenters. The van der Waals surface area contributed by atoms with Gasteiger partial charge in [0.2, 0.25) is 0 Å². The minimum atomic E-state index is -3.46. The number of ether oxygens (including phenoxy) is 1. The number of carbonyl (C=O) groups is 1. The molecule has 2 aromatic heterocycles. The zero-order valence-electron chi connectivity index (χ0n) is 20.8. The van der Waals surface area contributed by atoms with E-state index >= 15 is 0 Å². The normalized spacial score (nSPS) is 14.6. The summed E-state index contributed by atoms with van der Waals surface area (Å²) in [6.07, 6.45) is 4.59. The molecule has 0 radical (unpaired) electrons. The second-order valence-corrected chi connectivity index (χ2v) is 11.1. The van der Waals surface area contributed by atoms with E-state index in [-0.39, 0.29) is 45.9 Å². The Morgan fingerprint density at radius 3 is 2.49 bits per heavy atom. The van der Waals surface area contributed by atoms with Gasteiger partial charge in [0.25, 0.3) is 5.88 Å². The summed E-state index contributed by atoms with van der Waals surface area (Å²) < 4.78 is 50.1. The van der Waals surface area contributed by atoms with Gasteiger partial charge in [-0.2, -0.15) is 0 Å². The number of rotatable bonds is 7. The van der Waals surface area contributed by atoms with Crippen molar-refractivity contribution in [2.24, 2.45) is 22.2 Å². The first-order chi connectivity index (χ1) is 18.5. The molecule has 0 spiro atoms. The smallest absolute Gasteiger partial charge is 0.389 e. The Kier molecular flexibility index (Phi) is 7.58. The van der Waals surface area contributed by atoms with Gasteiger partial charge in [-0.05, 0) is 37.6 Å². The zero-order valence-corrected chi connectivity index (χ0v) is 21.6. The highest BCUT2D eigenvalue weighted by Gasteiger charge is 2.23. The van der Waals surface area contributed by atoms with Gasteiger partial charge >= 0.3 is 6.09 Å². The van der Waals surface area contributed by atoms with Crippen LogP contribution in [0.3, 0.4) is 0 Å². The maximum atomic E-state index is 14.9. The van der Waals surface area contributed by atoms with Gasteiger partial charge in [-0.1, -0.05) is 23.4 Å². The van der Waals surface area contributed by atoms with E-state index in [0.29, 0.717) is 16.8 Å². The van der Waals surface area contributed by atoms with E-state index < -0.39 is 27.0 Å². The highest BCUT2D eigenvalue weighted by Crippen LogP contribution is 2.35. The summed E-state index contributed by atoms with van der Waals surface area (Å²) in [7, 11) is -3.46. The maximum absolute atomic E-state index is 14.9. The Labute approximate surface area is 222 Å². The number of nitrogens with two attached hydrogens (primary N) is 3. The number of guanidine groups is 1. The fourth-order valence-corrected chi connectivity index (χ4v) is 4.59. The molecule has 0 fully saturated rings. The third-order valence-electron chi connectivity index (χ3n) is 5.55. The lowest BCUT2D eigenvalue weighted by atomic mass is 9.99. The van der Waals surface area contributed by atoms with Gasteiger partial charge in [-0.15, -0.1) is 0 Å². The molecule has 4 rings (SSSR count). The van der Waals surface area contributed by atoms with Crippen LogP contribution in [0.15, 0.2) is 80.7 Å². The number of halogens is 1. The third kappa shape index (κ3) is 6.01. The minimum Gasteiger partial charge on any atom is -0.389 e. The quantitative estimate of drug-likeness (QED) is 0.288. The Bertz CT molecular complexity index is 1650. The molecular formula is C25H24FN7O5S. The zero-order chi connectivity index (χ0) is 28.3. The number of aliphatic imine (C=N–C) groups is 1. The average molecular weight is 554 g/mol. The van der Waals surface area contributed by atoms with Gasteiger partial charge in [0.05, 0.1) is 22.0 Å². The first-order valence-electron chi connectivity index (χ1n) is 11.5. The number of sulfone groups is 1. The predicted octanol–water partition coefficient (Wildman–Crippen LogP) is 3.24. The van der Waals surface area contributed by atoms with E-state index in [2.05, 4.69) is 20.1 Å². The first kappa shape index (κ1) is 27.2. The molecule has 0 saturated carbocycles. The van der Waals surface area contributed by atoms with Crippen LogP contribution in [0.5, 0.6) is 5.88 Å². The third-order valence-corrected chi connectivity index (χ3v) is 7.72. The van der Waals surface area contributed by atoms with Crippen molar-refractivity contribution in [1.29, 1.82) is 0 Å². The van der Waals surface area contributed by atoms with Crippen LogP contribution >= 0.6 is 0 Å². The lowest BCUT2D eigenvalue weighted by molar-refractivity contribution is 0.209. The second kappa shape index (κ2) is 10.9. The fraction of sp³-hybridized carbons (Fsp3) is 0.160. The molecule has 14 heteroatoms. The molecular weight excluding hydrogens is 529 g/mol. The van der Waals surface area contributed by atoms with Crippen LogP contribution in [-0.4, -0.2) is 40.8 Å². The van der Waals surface area contributed by atoms with Gasteiger partial charge in [0.1, 0.15) is 11.5 Å². The molecule has 202 valence electrons. The van der Waals surface area contributed by atoms with Crippen LogP contribution in [0.1, 0.15) is 26.0 Å². The van der Waals surface area contributed by atoms with Gasteiger partial charge in [-0.3, -0.25) is 0 Å². The lowest BCUT2D eigenvalue weighted by Crippen LogP contribution is -2.21. The molecule has 2 heterocycles. The van der Waals surface area contributed by atoms with Crippen molar-refractivity contribution in [2.75, 3.05) is 0 Å². The standard InChI is InChI=1S/C25H24FN7O5S/c1-13(2)39(35,36)16-6-4-15(5-7-16)20-12-30-23(37-25(29)34)22(32-20)21-10-19(33-38-21)17-8-3-14(9-18(17)26)11-31-24(27)28/h3-8,10-13H,9H2,1-2H3,(H2,29,34)(H4,27,28,31). The highest BCUT2D eigenvalue weighted by molar-refractivity contribution is 7.92. The molecule has 1 aliphatic carbocycles. The van der Waals surface area contributed by atoms with E-state index in [9.17, 15) is 17.6 Å². The highest BCUT2D eigenvalue weighted by atomic mass is 32.2. The molecule has 12 nitrogen and oxygen atoms in total. The number of allylic oxidation sites excluding steroid dienone is 5. The van der Waals surface area contributed by atoms with Crippen LogP contribution < -0.4 is 21.9 Å². The Morgan fingerprint density at radius 2 is 1.87 bits per heavy atom. The minimum absolute atomic E-state index is 0.0187. The van der Waals surface area contributed by atoms with Gasteiger partial charge in [0, 0.05) is 29.8 Å². The number of carbonyl (C=O) groups excluding carboxylic acids is 1. The van der Waals surface area contributed by atoms with Gasteiger partial charge in [0.15, 0.2) is 27.3 Å². The lowest BCUT2D eigenvalue weighted by Gasteiger charge is -2.10. The Morgan fingerprint density at radius 1 is 1.15 bits per heavy atom. The van der Waals surface area contributed by atoms with Gasteiger partial charge in [-0.25, -0.2) is 32.6 Å². The number of amides is 1. The van der Waals surface area contributed by atoms with Crippen LogP contribution in [-0.2, 0) is 9.84 Å². The summed E-state index contributed by atoms with van der Waals surface area (Å²) in [4.78, 5) is 24.0. The van der Waals surface area contributed by atoms with E-state index in [4.69, 9.17) is 26.5 Å². The van der Waals surface area contributed by atoms with Crippen molar-refractivity contribution in [2.45, 2.75) is 30.4 Å². The summed E-state index contributed by atoms with van der Waals surface area (Å²) in [6, 6.07) is 7.48. The van der Waals surface area contributed by atoms with Gasteiger partial charge < -0.3 is 26.5 Å². The molecule has 1 amide bonds. The summed E-state index contributed by atoms with van der Waals surface area (Å²) in [5.41, 5.74) is 17.4. The van der Waals surface area contributed by atoms with E-state index in [1.54, 1.807) is 32.1 Å². The summed E-state index contributed by atoms with van der Waals surface area (Å²) in [6.45, 7) is 3.19. The molecule has 1 aliphatic rings. The monoisotopic (exact) mass is 553 g/mol. The van der Waals surface area contributed by atoms with Crippen LogP contribution in [0.4, 0.5) is 9.18 Å². The average Bonchev–Trinajstić information content (AvgIpc) is 3.37. The molecule has 0 saturated heterocycles. The number of benzene rings is 1. The van der Waals surface area contributed by atoms with E-state index in [1.165, 1.54) is 36.7 Å². The topological polar surface area (TPSA) is 203 Å².